The molecule has 1 aromatic carbocycles. The number of nitrogens with one attached hydrogen (secondary N) is 1. The van der Waals surface area contributed by atoms with Gasteiger partial charge in [-0.15, -0.1) is 6.58 Å². The molecule has 1 amide bonds. The maximum absolute atomic E-state index is 11.6. The van der Waals surface area contributed by atoms with Crippen LogP contribution in [0.1, 0.15) is 31.7 Å². The Morgan fingerprint density at radius 1 is 1.44 bits per heavy atom. The highest BCUT2D eigenvalue weighted by molar-refractivity contribution is 5.67. The smallest absolute Gasteiger partial charge is 0.407 e. The summed E-state index contributed by atoms with van der Waals surface area (Å²) in [6.07, 6.45) is 4.19. The van der Waals surface area contributed by atoms with E-state index in [-0.39, 0.29) is 12.1 Å². The van der Waals surface area contributed by atoms with Crippen molar-refractivity contribution in [3.63, 3.8) is 0 Å². The first-order chi connectivity index (χ1) is 8.76. The first kappa shape index (κ1) is 14.3. The van der Waals surface area contributed by atoms with Crippen molar-refractivity contribution in [1.82, 2.24) is 5.32 Å². The third-order valence-electron chi connectivity index (χ3n) is 2.62. The summed E-state index contributed by atoms with van der Waals surface area (Å²) >= 11 is 0. The van der Waals surface area contributed by atoms with Crippen molar-refractivity contribution < 1.29 is 9.53 Å². The van der Waals surface area contributed by atoms with Crippen LogP contribution in [0.25, 0.3) is 0 Å². The Morgan fingerprint density at radius 3 is 2.78 bits per heavy atom. The third kappa shape index (κ3) is 5.53. The molecular formula is C15H21NO2. The fourth-order valence-corrected chi connectivity index (χ4v) is 1.73. The number of carbonyl (C=O) groups excluding carboxylic acids is 1. The molecule has 0 saturated heterocycles. The van der Waals surface area contributed by atoms with Gasteiger partial charge in [0.05, 0.1) is 0 Å². The second-order valence-corrected chi connectivity index (χ2v) is 4.22. The SMILES string of the molecule is C=CC[C@H](CCC)NC(=O)OCc1ccccc1. The fourth-order valence-electron chi connectivity index (χ4n) is 1.73. The van der Waals surface area contributed by atoms with Gasteiger partial charge in [-0.25, -0.2) is 4.79 Å². The zero-order valence-corrected chi connectivity index (χ0v) is 10.9. The average molecular weight is 247 g/mol. The van der Waals surface area contributed by atoms with E-state index in [4.69, 9.17) is 4.74 Å². The number of ether oxygens (including phenoxy) is 1. The lowest BCUT2D eigenvalue weighted by atomic mass is 10.1. The largest absolute Gasteiger partial charge is 0.445 e. The first-order valence-electron chi connectivity index (χ1n) is 6.34. The average Bonchev–Trinajstić information content (AvgIpc) is 2.38. The van der Waals surface area contributed by atoms with Crippen LogP contribution < -0.4 is 5.32 Å². The van der Waals surface area contributed by atoms with Crippen LogP contribution >= 0.6 is 0 Å². The van der Waals surface area contributed by atoms with Crippen LogP contribution in [-0.2, 0) is 11.3 Å². The van der Waals surface area contributed by atoms with E-state index in [1.54, 1.807) is 0 Å². The van der Waals surface area contributed by atoms with E-state index >= 15 is 0 Å². The van der Waals surface area contributed by atoms with Crippen molar-refractivity contribution in [3.05, 3.63) is 48.6 Å². The number of rotatable bonds is 7. The summed E-state index contributed by atoms with van der Waals surface area (Å²) in [6, 6.07) is 9.77. The van der Waals surface area contributed by atoms with Crippen LogP contribution in [0.4, 0.5) is 4.79 Å². The Morgan fingerprint density at radius 2 is 2.17 bits per heavy atom. The van der Waals surface area contributed by atoms with E-state index in [1.807, 2.05) is 36.4 Å². The predicted octanol–water partition coefficient (Wildman–Crippen LogP) is 3.66. The molecule has 0 aliphatic rings. The third-order valence-corrected chi connectivity index (χ3v) is 2.62. The lowest BCUT2D eigenvalue weighted by Crippen LogP contribution is -2.34. The summed E-state index contributed by atoms with van der Waals surface area (Å²) in [6.45, 7) is 6.09. The molecule has 98 valence electrons. The Hall–Kier alpha value is -1.77. The molecule has 1 atom stereocenters. The molecule has 1 aromatic rings. The van der Waals surface area contributed by atoms with Gasteiger partial charge in [0.15, 0.2) is 0 Å². The molecular weight excluding hydrogens is 226 g/mol. The predicted molar refractivity (Wildman–Crippen MR) is 73.3 cm³/mol. The zero-order chi connectivity index (χ0) is 13.2. The van der Waals surface area contributed by atoms with Crippen LogP contribution in [-0.4, -0.2) is 12.1 Å². The second-order valence-electron chi connectivity index (χ2n) is 4.22. The molecule has 0 aliphatic heterocycles. The Kier molecular flexibility index (Phi) is 6.62. The number of hydrogen-bond donors (Lipinski definition) is 1. The number of hydrogen-bond acceptors (Lipinski definition) is 2. The molecule has 3 heteroatoms. The van der Waals surface area contributed by atoms with Gasteiger partial charge in [0.2, 0.25) is 0 Å². The van der Waals surface area contributed by atoms with Gasteiger partial charge in [0.1, 0.15) is 6.61 Å². The van der Waals surface area contributed by atoms with Crippen molar-refractivity contribution in [3.8, 4) is 0 Å². The fraction of sp³-hybridized carbons (Fsp3) is 0.400. The monoisotopic (exact) mass is 247 g/mol. The van der Waals surface area contributed by atoms with Gasteiger partial charge in [-0.1, -0.05) is 49.8 Å². The maximum atomic E-state index is 11.6. The van der Waals surface area contributed by atoms with Crippen LogP contribution in [0.15, 0.2) is 43.0 Å². The molecule has 0 heterocycles. The summed E-state index contributed by atoms with van der Waals surface area (Å²) < 4.78 is 5.17. The first-order valence-corrected chi connectivity index (χ1v) is 6.34. The number of carbonyl (C=O) groups is 1. The van der Waals surface area contributed by atoms with E-state index in [9.17, 15) is 4.79 Å². The molecule has 0 unspecified atom stereocenters. The standard InChI is InChI=1S/C15H21NO2/c1-3-8-14(9-4-2)16-15(17)18-12-13-10-6-5-7-11-13/h3,5-7,10-11,14H,1,4,8-9,12H2,2H3,(H,16,17)/t14-/m1/s1. The van der Waals surface area contributed by atoms with Crippen molar-refractivity contribution in [2.45, 2.75) is 38.8 Å². The van der Waals surface area contributed by atoms with Gasteiger partial charge in [-0.2, -0.15) is 0 Å². The maximum Gasteiger partial charge on any atom is 0.407 e. The molecule has 1 rings (SSSR count). The van der Waals surface area contributed by atoms with E-state index in [0.717, 1.165) is 24.8 Å². The molecule has 0 bridgehead atoms. The minimum Gasteiger partial charge on any atom is -0.445 e. The highest BCUT2D eigenvalue weighted by atomic mass is 16.5. The quantitative estimate of drug-likeness (QED) is 0.747. The normalized spacial score (nSPS) is 11.6. The minimum atomic E-state index is -0.362. The molecule has 1 N–H and O–H groups in total. The lowest BCUT2D eigenvalue weighted by Gasteiger charge is -2.16. The van der Waals surface area contributed by atoms with Gasteiger partial charge in [0, 0.05) is 6.04 Å². The molecule has 3 nitrogen and oxygen atoms in total. The molecule has 0 saturated carbocycles. The number of alkyl carbamates (subject to hydrolysis) is 1. The molecule has 0 radical (unpaired) electrons. The molecule has 0 spiro atoms. The van der Waals surface area contributed by atoms with Crippen molar-refractivity contribution in [1.29, 1.82) is 0 Å². The number of amides is 1. The van der Waals surface area contributed by atoms with Crippen molar-refractivity contribution >= 4 is 6.09 Å². The van der Waals surface area contributed by atoms with E-state index in [2.05, 4.69) is 18.8 Å². The van der Waals surface area contributed by atoms with Crippen LogP contribution in [0.2, 0.25) is 0 Å². The summed E-state index contributed by atoms with van der Waals surface area (Å²) in [4.78, 5) is 11.6. The van der Waals surface area contributed by atoms with E-state index in [0.29, 0.717) is 6.61 Å². The van der Waals surface area contributed by atoms with Crippen LogP contribution in [0, 0.1) is 0 Å². The van der Waals surface area contributed by atoms with Crippen molar-refractivity contribution in [2.24, 2.45) is 0 Å². The Bertz CT molecular complexity index is 362. The van der Waals surface area contributed by atoms with Crippen LogP contribution in [0.5, 0.6) is 0 Å². The summed E-state index contributed by atoms with van der Waals surface area (Å²) in [5, 5.41) is 2.86. The molecule has 0 fully saturated rings. The molecule has 0 aliphatic carbocycles. The van der Waals surface area contributed by atoms with Gasteiger partial charge in [-0.05, 0) is 18.4 Å². The van der Waals surface area contributed by atoms with Gasteiger partial charge < -0.3 is 10.1 Å². The summed E-state index contributed by atoms with van der Waals surface area (Å²) in [5.41, 5.74) is 0.989. The second kappa shape index (κ2) is 8.34. The van der Waals surface area contributed by atoms with E-state index < -0.39 is 0 Å². The minimum absolute atomic E-state index is 0.121. The van der Waals surface area contributed by atoms with Gasteiger partial charge >= 0.3 is 6.09 Å². The topological polar surface area (TPSA) is 38.3 Å². The van der Waals surface area contributed by atoms with Crippen LogP contribution in [0.3, 0.4) is 0 Å². The summed E-state index contributed by atoms with van der Waals surface area (Å²) in [5.74, 6) is 0. The summed E-state index contributed by atoms with van der Waals surface area (Å²) in [7, 11) is 0. The highest BCUT2D eigenvalue weighted by Gasteiger charge is 2.10. The molecule has 0 aromatic heterocycles. The van der Waals surface area contributed by atoms with Gasteiger partial charge in [0.25, 0.3) is 0 Å². The van der Waals surface area contributed by atoms with Gasteiger partial charge in [-0.3, -0.25) is 0 Å². The van der Waals surface area contributed by atoms with Crippen molar-refractivity contribution in [2.75, 3.05) is 0 Å². The zero-order valence-electron chi connectivity index (χ0n) is 10.9. The Labute approximate surface area is 109 Å². The number of benzene rings is 1. The molecule has 18 heavy (non-hydrogen) atoms. The lowest BCUT2D eigenvalue weighted by molar-refractivity contribution is 0.135. The highest BCUT2D eigenvalue weighted by Crippen LogP contribution is 2.04. The Balaban J connectivity index is 2.33. The van der Waals surface area contributed by atoms with E-state index in [1.165, 1.54) is 0 Å².